The highest BCUT2D eigenvalue weighted by Crippen LogP contribution is 2.34. The summed E-state index contributed by atoms with van der Waals surface area (Å²) in [5.74, 6) is -0.560. The second-order valence-corrected chi connectivity index (χ2v) is 10.6. The average Bonchev–Trinajstić information content (AvgIpc) is 3.37. The first-order valence-corrected chi connectivity index (χ1v) is 13.5. The molecule has 0 radical (unpaired) electrons. The van der Waals surface area contributed by atoms with Crippen molar-refractivity contribution in [2.45, 2.75) is 30.1 Å². The highest BCUT2D eigenvalue weighted by atomic mass is 79.9. The van der Waals surface area contributed by atoms with E-state index in [-0.39, 0.29) is 17.7 Å². The number of carbonyl (C=O) groups excluding carboxylic acids is 1. The van der Waals surface area contributed by atoms with Crippen molar-refractivity contribution < 1.29 is 18.3 Å². The second kappa shape index (κ2) is 10.6. The van der Waals surface area contributed by atoms with Gasteiger partial charge in [-0.25, -0.2) is 24.1 Å². The zero-order chi connectivity index (χ0) is 26.1. The molecule has 0 fully saturated rings. The number of rotatable bonds is 6. The van der Waals surface area contributed by atoms with E-state index >= 15 is 0 Å². The fourth-order valence-electron chi connectivity index (χ4n) is 3.81. The number of fused-ring (bicyclic) bond motifs is 1. The summed E-state index contributed by atoms with van der Waals surface area (Å²) in [5, 5.41) is 1.06. The number of halogens is 2. The van der Waals surface area contributed by atoms with E-state index in [1.54, 1.807) is 56.6 Å². The lowest BCUT2D eigenvalue weighted by Gasteiger charge is -2.24. The average molecular weight is 601 g/mol. The lowest BCUT2D eigenvalue weighted by molar-refractivity contribution is -0.139. The number of furan rings is 1. The summed E-state index contributed by atoms with van der Waals surface area (Å²) in [6.45, 7) is 3.56. The predicted octanol–water partition coefficient (Wildman–Crippen LogP) is 4.23. The molecule has 0 aliphatic carbocycles. The Bertz CT molecular complexity index is 1700. The molecule has 8 nitrogen and oxygen atoms in total. The molecule has 1 aromatic carbocycles. The fraction of sp³-hybridized carbons (Fsp3) is 0.160. The number of hydrogen-bond donors (Lipinski definition) is 0. The summed E-state index contributed by atoms with van der Waals surface area (Å²) in [6, 6.07) is 8.33. The Labute approximate surface area is 226 Å². The number of aromatic nitrogens is 3. The Hall–Kier alpha value is -3.35. The van der Waals surface area contributed by atoms with E-state index < -0.39 is 17.8 Å². The molecule has 3 aromatic heterocycles. The minimum Gasteiger partial charge on any atom is -0.463 e. The normalized spacial score (nSPS) is 15.5. The van der Waals surface area contributed by atoms with Crippen LogP contribution < -0.4 is 14.9 Å². The van der Waals surface area contributed by atoms with Gasteiger partial charge in [-0.1, -0.05) is 23.5 Å². The van der Waals surface area contributed by atoms with Gasteiger partial charge in [-0.3, -0.25) is 9.36 Å². The number of allylic oxidation sites excluding steroid dienone is 1. The molecule has 4 heterocycles. The number of esters is 1. The Morgan fingerprint density at radius 3 is 2.73 bits per heavy atom. The van der Waals surface area contributed by atoms with Crippen molar-refractivity contribution in [2.24, 2.45) is 4.99 Å². The summed E-state index contributed by atoms with van der Waals surface area (Å²) < 4.78 is 27.4. The molecular formula is C25H18BrFN4O4S2. The van der Waals surface area contributed by atoms with Gasteiger partial charge in [-0.15, -0.1) is 0 Å². The van der Waals surface area contributed by atoms with E-state index in [2.05, 4.69) is 30.9 Å². The van der Waals surface area contributed by atoms with Crippen LogP contribution >= 0.6 is 39.0 Å². The maximum Gasteiger partial charge on any atom is 0.338 e. The highest BCUT2D eigenvalue weighted by molar-refractivity contribution is 9.10. The van der Waals surface area contributed by atoms with Gasteiger partial charge in [0.15, 0.2) is 15.1 Å². The van der Waals surface area contributed by atoms with Gasteiger partial charge in [0.25, 0.3) is 5.56 Å². The van der Waals surface area contributed by atoms with Crippen molar-refractivity contribution in [1.82, 2.24) is 14.5 Å². The van der Waals surface area contributed by atoms with Crippen LogP contribution in [0.3, 0.4) is 0 Å². The van der Waals surface area contributed by atoms with Gasteiger partial charge in [-0.05, 0) is 71.4 Å². The minimum atomic E-state index is -0.817. The minimum absolute atomic E-state index is 0.165. The van der Waals surface area contributed by atoms with Crippen molar-refractivity contribution in [2.75, 3.05) is 6.61 Å². The highest BCUT2D eigenvalue weighted by Gasteiger charge is 2.33. The molecule has 0 saturated heterocycles. The molecule has 0 unspecified atom stereocenters. The largest absolute Gasteiger partial charge is 0.463 e. The van der Waals surface area contributed by atoms with Crippen LogP contribution in [0, 0.1) is 5.82 Å². The zero-order valence-electron chi connectivity index (χ0n) is 19.5. The fourth-order valence-corrected chi connectivity index (χ4v) is 6.08. The van der Waals surface area contributed by atoms with Crippen molar-refractivity contribution >= 4 is 51.1 Å². The third kappa shape index (κ3) is 5.09. The van der Waals surface area contributed by atoms with Crippen LogP contribution in [-0.4, -0.2) is 27.1 Å². The number of benzene rings is 1. The molecule has 1 aliphatic rings. The third-order valence-electron chi connectivity index (χ3n) is 5.38. The second-order valence-electron chi connectivity index (χ2n) is 7.77. The van der Waals surface area contributed by atoms with Crippen LogP contribution in [0.2, 0.25) is 0 Å². The maximum atomic E-state index is 13.7. The topological polar surface area (TPSA) is 99.6 Å². The van der Waals surface area contributed by atoms with Crippen molar-refractivity contribution in [3.63, 3.8) is 0 Å². The quantitative estimate of drug-likeness (QED) is 0.241. The van der Waals surface area contributed by atoms with Gasteiger partial charge in [-0.2, -0.15) is 0 Å². The van der Waals surface area contributed by atoms with Gasteiger partial charge in [0.2, 0.25) is 0 Å². The number of carbonyl (C=O) groups is 1. The molecule has 5 rings (SSSR count). The van der Waals surface area contributed by atoms with E-state index in [1.807, 2.05) is 0 Å². The SMILES string of the molecule is CCOC(=O)C1=C(C)N=c2s/c(=C/c3cc(Br)c(Sc4ncccn4)o3)c(=O)n2[C@@H]1c1ccc(F)cc1. The van der Waals surface area contributed by atoms with Crippen LogP contribution in [0.1, 0.15) is 31.2 Å². The molecule has 1 aliphatic heterocycles. The maximum absolute atomic E-state index is 13.7. The van der Waals surface area contributed by atoms with Gasteiger partial charge < -0.3 is 9.15 Å². The van der Waals surface area contributed by atoms with E-state index in [4.69, 9.17) is 9.15 Å². The van der Waals surface area contributed by atoms with Crippen molar-refractivity contribution in [3.8, 4) is 0 Å². The van der Waals surface area contributed by atoms with Crippen molar-refractivity contribution in [1.29, 1.82) is 0 Å². The first kappa shape index (κ1) is 25.3. The molecule has 0 bridgehead atoms. The lowest BCUT2D eigenvalue weighted by Crippen LogP contribution is -2.39. The first-order chi connectivity index (χ1) is 17.9. The molecule has 188 valence electrons. The van der Waals surface area contributed by atoms with Gasteiger partial charge >= 0.3 is 5.97 Å². The molecule has 0 N–H and O–H groups in total. The molecule has 37 heavy (non-hydrogen) atoms. The van der Waals surface area contributed by atoms with Crippen LogP contribution in [0.25, 0.3) is 6.08 Å². The summed E-state index contributed by atoms with van der Waals surface area (Å²) >= 11 is 5.89. The van der Waals surface area contributed by atoms with Crippen LogP contribution in [0.15, 0.2) is 89.0 Å². The van der Waals surface area contributed by atoms with E-state index in [0.717, 1.165) is 0 Å². The smallest absolute Gasteiger partial charge is 0.338 e. The lowest BCUT2D eigenvalue weighted by atomic mass is 9.96. The van der Waals surface area contributed by atoms with Crippen LogP contribution in [0.4, 0.5) is 4.39 Å². The number of hydrogen-bond acceptors (Lipinski definition) is 9. The molecule has 1 atom stereocenters. The summed E-state index contributed by atoms with van der Waals surface area (Å²) in [4.78, 5) is 39.8. The molecule has 12 heteroatoms. The molecule has 0 saturated carbocycles. The van der Waals surface area contributed by atoms with Crippen LogP contribution in [0.5, 0.6) is 0 Å². The number of thiazole rings is 1. The Kier molecular flexibility index (Phi) is 7.22. The van der Waals surface area contributed by atoms with E-state index in [9.17, 15) is 14.0 Å². The molecule has 0 amide bonds. The molecule has 0 spiro atoms. The summed E-state index contributed by atoms with van der Waals surface area (Å²) in [5.41, 5.74) is 0.867. The monoisotopic (exact) mass is 600 g/mol. The van der Waals surface area contributed by atoms with E-state index in [1.165, 1.54) is 39.8 Å². The summed E-state index contributed by atoms with van der Waals surface area (Å²) in [6.07, 6.45) is 4.89. The zero-order valence-corrected chi connectivity index (χ0v) is 22.7. The molecule has 4 aromatic rings. The Morgan fingerprint density at radius 1 is 1.30 bits per heavy atom. The Morgan fingerprint density at radius 2 is 2.03 bits per heavy atom. The van der Waals surface area contributed by atoms with Crippen LogP contribution in [-0.2, 0) is 9.53 Å². The molecular weight excluding hydrogens is 583 g/mol. The van der Waals surface area contributed by atoms with Gasteiger partial charge in [0, 0.05) is 18.5 Å². The summed E-state index contributed by atoms with van der Waals surface area (Å²) in [7, 11) is 0. The predicted molar refractivity (Wildman–Crippen MR) is 139 cm³/mol. The standard InChI is InChI=1S/C25H18BrFN4O4S2/c1-3-34-22(33)19-13(2)30-25-31(20(19)14-5-7-15(27)8-6-14)21(32)18(36-25)12-16-11-17(26)23(35-16)37-24-28-9-4-10-29-24/h4-12,20H,3H2,1-2H3/b18-12+/t20-/m1/s1. The van der Waals surface area contributed by atoms with Crippen molar-refractivity contribution in [3.05, 3.63) is 101 Å². The Balaban J connectivity index is 1.61. The third-order valence-corrected chi connectivity index (χ3v) is 8.09. The first-order valence-electron chi connectivity index (χ1n) is 11.0. The van der Waals surface area contributed by atoms with Gasteiger partial charge in [0.05, 0.1) is 32.9 Å². The van der Waals surface area contributed by atoms with Gasteiger partial charge in [0.1, 0.15) is 11.6 Å². The van der Waals surface area contributed by atoms with E-state index in [0.29, 0.717) is 41.1 Å². The number of nitrogens with zero attached hydrogens (tertiary/aromatic N) is 4. The number of ether oxygens (including phenoxy) is 1.